The third kappa shape index (κ3) is 5.15. The van der Waals surface area contributed by atoms with Gasteiger partial charge in [0.05, 0.1) is 6.61 Å². The number of aliphatic hydroxyl groups is 4. The number of amides is 1. The van der Waals surface area contributed by atoms with Crippen molar-refractivity contribution in [2.24, 2.45) is 0 Å². The van der Waals surface area contributed by atoms with Gasteiger partial charge in [-0.05, 0) is 0 Å². The molecule has 0 fully saturated rings. The van der Waals surface area contributed by atoms with Crippen molar-refractivity contribution >= 4 is 35.4 Å². The molecule has 0 saturated carbocycles. The first-order valence-corrected chi connectivity index (χ1v) is 5.41. The van der Waals surface area contributed by atoms with Crippen LogP contribution < -0.4 is 5.32 Å². The number of hydrogen-bond acceptors (Lipinski definition) is 6. The van der Waals surface area contributed by atoms with Gasteiger partial charge in [-0.15, -0.1) is 0 Å². The summed E-state index contributed by atoms with van der Waals surface area (Å²) in [6.07, 6.45) is -5.11. The third-order valence-electron chi connectivity index (χ3n) is 1.95. The number of hydrogen-bond donors (Lipinski definition) is 5. The van der Waals surface area contributed by atoms with Gasteiger partial charge in [0.25, 0.3) is 5.91 Å². The zero-order valence-electron chi connectivity index (χ0n) is 8.53. The molecule has 9 heteroatoms. The quantitative estimate of drug-likeness (QED) is 0.262. The van der Waals surface area contributed by atoms with E-state index in [9.17, 15) is 19.8 Å². The van der Waals surface area contributed by atoms with Gasteiger partial charge >= 0.3 is 0 Å². The number of nitrogens with one attached hydrogen (secondary N) is 1. The second-order valence-corrected chi connectivity index (χ2v) is 4.30. The Hall–Kier alpha value is -0.440. The van der Waals surface area contributed by atoms with Gasteiger partial charge in [0, 0.05) is 0 Å². The van der Waals surface area contributed by atoms with Crippen LogP contribution in [0.2, 0.25) is 0 Å². The van der Waals surface area contributed by atoms with Gasteiger partial charge in [-0.2, -0.15) is 0 Å². The molecular weight excluding hydrogens is 277 g/mol. The molecule has 0 bridgehead atoms. The number of halogens is 2. The van der Waals surface area contributed by atoms with E-state index in [1.54, 1.807) is 0 Å². The molecule has 17 heavy (non-hydrogen) atoms. The van der Waals surface area contributed by atoms with Crippen LogP contribution in [0.5, 0.6) is 0 Å². The SMILES string of the molecule is O=C[C@H](NC(=O)C(Cl)Cl)[C@@H](O)[C@H](O)[C@H](O)CO. The zero-order chi connectivity index (χ0) is 13.6. The second-order valence-electron chi connectivity index (χ2n) is 3.20. The molecule has 0 aromatic rings. The highest BCUT2D eigenvalue weighted by molar-refractivity contribution is 6.53. The Morgan fingerprint density at radius 2 is 1.76 bits per heavy atom. The van der Waals surface area contributed by atoms with Crippen LogP contribution in [0.4, 0.5) is 0 Å². The number of aliphatic hydroxyl groups excluding tert-OH is 4. The van der Waals surface area contributed by atoms with E-state index in [0.29, 0.717) is 0 Å². The van der Waals surface area contributed by atoms with Crippen molar-refractivity contribution in [3.05, 3.63) is 0 Å². The van der Waals surface area contributed by atoms with Gasteiger partial charge in [0.1, 0.15) is 30.6 Å². The van der Waals surface area contributed by atoms with Crippen molar-refractivity contribution in [1.29, 1.82) is 0 Å². The molecule has 0 radical (unpaired) electrons. The molecule has 7 nitrogen and oxygen atoms in total. The monoisotopic (exact) mass is 289 g/mol. The molecule has 0 aromatic heterocycles. The summed E-state index contributed by atoms with van der Waals surface area (Å²) in [6, 6.07) is -1.50. The zero-order valence-corrected chi connectivity index (χ0v) is 10.0. The maximum atomic E-state index is 11.0. The van der Waals surface area contributed by atoms with Crippen molar-refractivity contribution in [3.8, 4) is 0 Å². The minimum Gasteiger partial charge on any atom is -0.394 e. The predicted molar refractivity (Wildman–Crippen MR) is 58.6 cm³/mol. The molecule has 0 unspecified atom stereocenters. The largest absolute Gasteiger partial charge is 0.394 e. The maximum Gasteiger partial charge on any atom is 0.253 e. The first kappa shape index (κ1) is 16.6. The summed E-state index contributed by atoms with van der Waals surface area (Å²) in [5.74, 6) is -0.935. The molecule has 4 atom stereocenters. The lowest BCUT2D eigenvalue weighted by Crippen LogP contribution is -2.54. The molecule has 0 rings (SSSR count). The smallest absolute Gasteiger partial charge is 0.253 e. The van der Waals surface area contributed by atoms with Crippen molar-refractivity contribution in [2.45, 2.75) is 29.2 Å². The van der Waals surface area contributed by atoms with Crippen molar-refractivity contribution in [3.63, 3.8) is 0 Å². The van der Waals surface area contributed by atoms with Gasteiger partial charge in [0.15, 0.2) is 4.84 Å². The minimum atomic E-state index is -1.81. The van der Waals surface area contributed by atoms with E-state index in [-0.39, 0.29) is 6.29 Å². The van der Waals surface area contributed by atoms with E-state index >= 15 is 0 Å². The standard InChI is InChI=1S/C8H13Cl2NO6/c9-7(10)8(17)11-3(1-12)5(15)6(16)4(14)2-13/h1,3-7,13-16H,2H2,(H,11,17)/t3-,4+,5+,6+/m0/s1. The number of carbonyl (C=O) groups is 2. The molecular formula is C8H13Cl2NO6. The summed E-state index contributed by atoms with van der Waals surface area (Å²) in [6.45, 7) is -0.814. The van der Waals surface area contributed by atoms with E-state index in [1.165, 1.54) is 0 Å². The molecule has 0 aliphatic carbocycles. The number of aldehydes is 1. The van der Waals surface area contributed by atoms with Crippen LogP contribution >= 0.6 is 23.2 Å². The lowest BCUT2D eigenvalue weighted by molar-refractivity contribution is -0.130. The lowest BCUT2D eigenvalue weighted by Gasteiger charge is -2.26. The van der Waals surface area contributed by atoms with Crippen molar-refractivity contribution in [1.82, 2.24) is 5.32 Å². The van der Waals surface area contributed by atoms with Gasteiger partial charge in [-0.25, -0.2) is 0 Å². The summed E-state index contributed by atoms with van der Waals surface area (Å²) in [4.78, 5) is 20.2. The number of carbonyl (C=O) groups excluding carboxylic acids is 2. The fourth-order valence-corrected chi connectivity index (χ4v) is 1.10. The van der Waals surface area contributed by atoms with Crippen LogP contribution in [-0.2, 0) is 9.59 Å². The summed E-state index contributed by atoms with van der Waals surface area (Å²) in [5, 5.41) is 38.3. The highest BCUT2D eigenvalue weighted by Crippen LogP contribution is 2.06. The van der Waals surface area contributed by atoms with E-state index in [0.717, 1.165) is 0 Å². The Morgan fingerprint density at radius 1 is 1.24 bits per heavy atom. The first-order chi connectivity index (χ1) is 7.84. The molecule has 5 N–H and O–H groups in total. The summed E-state index contributed by atoms with van der Waals surface area (Å²) in [5.41, 5.74) is 0. The van der Waals surface area contributed by atoms with Gasteiger partial charge in [0.2, 0.25) is 0 Å². The molecule has 100 valence electrons. The minimum absolute atomic E-state index is 0.145. The fourth-order valence-electron chi connectivity index (χ4n) is 0.975. The molecule has 0 heterocycles. The Kier molecular flexibility index (Phi) is 7.60. The van der Waals surface area contributed by atoms with Gasteiger partial charge in [-0.1, -0.05) is 23.2 Å². The van der Waals surface area contributed by atoms with E-state index < -0.39 is 41.7 Å². The number of rotatable bonds is 7. The molecule has 0 aliphatic rings. The van der Waals surface area contributed by atoms with Crippen LogP contribution in [0.1, 0.15) is 0 Å². The van der Waals surface area contributed by atoms with Crippen molar-refractivity contribution in [2.75, 3.05) is 6.61 Å². The maximum absolute atomic E-state index is 11.0. The Morgan fingerprint density at radius 3 is 2.12 bits per heavy atom. The summed E-state index contributed by atoms with van der Waals surface area (Å²) in [7, 11) is 0. The van der Waals surface area contributed by atoms with Crippen LogP contribution in [0.25, 0.3) is 0 Å². The highest BCUT2D eigenvalue weighted by atomic mass is 35.5. The van der Waals surface area contributed by atoms with Crippen molar-refractivity contribution < 1.29 is 30.0 Å². The lowest BCUT2D eigenvalue weighted by atomic mass is 10.0. The second kappa shape index (κ2) is 7.80. The third-order valence-corrected chi connectivity index (χ3v) is 2.35. The number of alkyl halides is 2. The molecule has 0 spiro atoms. The van der Waals surface area contributed by atoms with Crippen LogP contribution in [0.15, 0.2) is 0 Å². The molecule has 0 aromatic carbocycles. The summed E-state index contributed by atoms with van der Waals surface area (Å²) < 4.78 is 0. The Balaban J connectivity index is 4.55. The molecule has 0 aliphatic heterocycles. The van der Waals surface area contributed by atoms with E-state index in [4.69, 9.17) is 33.4 Å². The van der Waals surface area contributed by atoms with E-state index in [1.807, 2.05) is 5.32 Å². The molecule has 0 saturated heterocycles. The van der Waals surface area contributed by atoms with Gasteiger partial charge < -0.3 is 30.5 Å². The average molecular weight is 290 g/mol. The predicted octanol–water partition coefficient (Wildman–Crippen LogP) is -2.45. The van der Waals surface area contributed by atoms with Crippen LogP contribution in [0, 0.1) is 0 Å². The topological polar surface area (TPSA) is 127 Å². The normalized spacial score (nSPS) is 18.3. The van der Waals surface area contributed by atoms with Crippen LogP contribution in [0.3, 0.4) is 0 Å². The Bertz CT molecular complexity index is 264. The fraction of sp³-hybridized carbons (Fsp3) is 0.750. The van der Waals surface area contributed by atoms with Crippen LogP contribution in [-0.4, -0.2) is 68.4 Å². The van der Waals surface area contributed by atoms with E-state index in [2.05, 4.69) is 0 Å². The average Bonchev–Trinajstić information content (AvgIpc) is 2.32. The highest BCUT2D eigenvalue weighted by Gasteiger charge is 2.32. The first-order valence-electron chi connectivity index (χ1n) is 4.54. The molecule has 1 amide bonds. The van der Waals surface area contributed by atoms with Gasteiger partial charge in [-0.3, -0.25) is 4.79 Å². The Labute approximate surface area is 107 Å². The summed E-state index contributed by atoms with van der Waals surface area (Å²) >= 11 is 10.4.